The van der Waals surface area contributed by atoms with E-state index in [4.69, 9.17) is 13.1 Å². The molecule has 0 aromatic carbocycles. The summed E-state index contributed by atoms with van der Waals surface area (Å²) in [4.78, 5) is 16.4. The second-order valence-corrected chi connectivity index (χ2v) is 20.0. The largest absolute Gasteiger partial charge is 0.263 e. The van der Waals surface area contributed by atoms with Gasteiger partial charge in [-0.25, -0.2) is 20.2 Å². The van der Waals surface area contributed by atoms with Crippen molar-refractivity contribution in [2.45, 2.75) is 91.9 Å². The molecule has 0 saturated heterocycles. The van der Waals surface area contributed by atoms with E-state index < -0.39 is 0 Å². The molecule has 0 N–H and O–H groups in total. The fourth-order valence-electron chi connectivity index (χ4n) is 6.90. The number of nitrogens with zero attached hydrogens (tertiary/aromatic N) is 4. The number of hydrogen-bond donors (Lipinski definition) is 0. The molecule has 0 saturated carbocycles. The minimum absolute atomic E-state index is 0.117. The van der Waals surface area contributed by atoms with Crippen LogP contribution in [0.3, 0.4) is 0 Å². The van der Waals surface area contributed by atoms with Gasteiger partial charge in [-0.2, -0.15) is 0 Å². The Morgan fingerprint density at radius 1 is 0.630 bits per heavy atom. The highest BCUT2D eigenvalue weighted by Gasteiger charge is 2.25. The van der Waals surface area contributed by atoms with Gasteiger partial charge in [-0.3, -0.25) is 0 Å². The van der Waals surface area contributed by atoms with Gasteiger partial charge in [-0.15, -0.1) is 68.0 Å². The first-order valence-electron chi connectivity index (χ1n) is 18.7. The molecule has 274 valence electrons. The number of unbranched alkanes of at least 4 members (excludes halogenated alkanes) is 2. The van der Waals surface area contributed by atoms with Crippen LogP contribution in [0.1, 0.15) is 99.9 Å². The van der Waals surface area contributed by atoms with E-state index >= 15 is 0 Å². The molecule has 6 aromatic heterocycles. The van der Waals surface area contributed by atoms with Crippen molar-refractivity contribution in [1.29, 1.82) is 10.5 Å². The fraction of sp³-hybridized carbons (Fsp3) is 0.364. The second-order valence-electron chi connectivity index (χ2n) is 13.6. The molecule has 0 aliphatic rings. The van der Waals surface area contributed by atoms with E-state index in [1.165, 1.54) is 97.7 Å². The molecule has 0 aliphatic heterocycles. The molecule has 2 unspecified atom stereocenters. The number of rotatable bonds is 17. The van der Waals surface area contributed by atoms with E-state index in [0.29, 0.717) is 11.8 Å². The standard InChI is InChI=1S/C44H42N4S6/c1-7-11-13-27(9-3)19-33-41(35-17-15-31(49-35)21-29(25-45)47-5)53-39-23-37(51-43(33)39)38-24-40-44(52-38)34(20-28(10-4)14-12-8-2)42(54-40)36-18-16-32(50-36)22-30(26-46)48-6/h15-18,21-24,27-28H,7-14,19-20H2,1-4H3/b29-21-,30-22+. The third-order valence-electron chi connectivity index (χ3n) is 9.96. The summed E-state index contributed by atoms with van der Waals surface area (Å²) < 4.78 is 5.49. The van der Waals surface area contributed by atoms with E-state index in [1.54, 1.807) is 34.8 Å². The molecule has 0 spiro atoms. The molecular weight excluding hydrogens is 777 g/mol. The molecule has 0 fully saturated rings. The summed E-state index contributed by atoms with van der Waals surface area (Å²) >= 11 is 11.0. The minimum atomic E-state index is 0.117. The maximum atomic E-state index is 9.34. The number of thiophene rings is 6. The molecule has 0 bridgehead atoms. The highest BCUT2D eigenvalue weighted by Crippen LogP contribution is 2.52. The summed E-state index contributed by atoms with van der Waals surface area (Å²) in [6.45, 7) is 23.8. The second kappa shape index (κ2) is 18.7. The van der Waals surface area contributed by atoms with Gasteiger partial charge < -0.3 is 0 Å². The van der Waals surface area contributed by atoms with Crippen LogP contribution in [0.25, 0.3) is 69.9 Å². The lowest BCUT2D eigenvalue weighted by molar-refractivity contribution is 0.451. The highest BCUT2D eigenvalue weighted by molar-refractivity contribution is 7.36. The van der Waals surface area contributed by atoms with Crippen LogP contribution in [0.4, 0.5) is 0 Å². The lowest BCUT2D eigenvalue weighted by atomic mass is 9.92. The topological polar surface area (TPSA) is 56.3 Å². The Kier molecular flexibility index (Phi) is 13.8. The summed E-state index contributed by atoms with van der Waals surface area (Å²) in [7, 11) is 0. The Labute approximate surface area is 343 Å². The minimum Gasteiger partial charge on any atom is -0.227 e. The average Bonchev–Trinajstić information content (AvgIpc) is 4.04. The Morgan fingerprint density at radius 3 is 1.41 bits per heavy atom. The average molecular weight is 819 g/mol. The van der Waals surface area contributed by atoms with Crippen LogP contribution in [-0.2, 0) is 12.8 Å². The van der Waals surface area contributed by atoms with Gasteiger partial charge in [0.15, 0.2) is 0 Å². The number of fused-ring (bicyclic) bond motifs is 2. The van der Waals surface area contributed by atoms with Crippen LogP contribution in [0.5, 0.6) is 0 Å². The number of hydrogen-bond acceptors (Lipinski definition) is 8. The zero-order valence-electron chi connectivity index (χ0n) is 31.1. The highest BCUT2D eigenvalue weighted by atomic mass is 32.1. The zero-order valence-corrected chi connectivity index (χ0v) is 36.0. The van der Waals surface area contributed by atoms with Crippen molar-refractivity contribution in [2.75, 3.05) is 0 Å². The van der Waals surface area contributed by atoms with Crippen LogP contribution in [0, 0.1) is 47.6 Å². The predicted molar refractivity (Wildman–Crippen MR) is 239 cm³/mol. The van der Waals surface area contributed by atoms with Gasteiger partial charge in [0, 0.05) is 57.8 Å². The molecule has 6 aromatic rings. The Bertz CT molecular complexity index is 2270. The van der Waals surface area contributed by atoms with Crippen molar-refractivity contribution in [3.63, 3.8) is 0 Å². The SMILES string of the molecule is [C-]#[N+]/C(C#N)=C\c1ccc(-c2sc3cc(-c4cc5sc(-c6ccc(/C=C(\C#N)[N+]#[C-])s6)c(CC(CC)CCCC)c5s4)sc3c2CC(CC)CCCC)s1. The van der Waals surface area contributed by atoms with E-state index in [2.05, 4.69) is 61.7 Å². The monoisotopic (exact) mass is 818 g/mol. The van der Waals surface area contributed by atoms with Crippen LogP contribution in [0.2, 0.25) is 0 Å². The maximum absolute atomic E-state index is 9.34. The lowest BCUT2D eigenvalue weighted by Gasteiger charge is -2.15. The molecule has 54 heavy (non-hydrogen) atoms. The molecule has 0 aliphatic carbocycles. The van der Waals surface area contributed by atoms with Gasteiger partial charge in [0.25, 0.3) is 11.4 Å². The molecule has 2 atom stereocenters. The lowest BCUT2D eigenvalue weighted by Crippen LogP contribution is -2.03. The van der Waals surface area contributed by atoms with E-state index in [9.17, 15) is 10.5 Å². The molecule has 0 amide bonds. The number of nitriles is 2. The molecule has 0 radical (unpaired) electrons. The Hall–Kier alpha value is -3.84. The van der Waals surface area contributed by atoms with Gasteiger partial charge >= 0.3 is 0 Å². The Morgan fingerprint density at radius 2 is 1.06 bits per heavy atom. The first-order valence-corrected chi connectivity index (χ1v) is 23.6. The van der Waals surface area contributed by atoms with Crippen molar-refractivity contribution in [3.8, 4) is 41.4 Å². The quantitative estimate of drug-likeness (QED) is 0.0680. The Balaban J connectivity index is 1.42. The van der Waals surface area contributed by atoms with Gasteiger partial charge in [0.2, 0.25) is 0 Å². The molecule has 6 heterocycles. The van der Waals surface area contributed by atoms with Crippen molar-refractivity contribution in [3.05, 3.63) is 91.5 Å². The summed E-state index contributed by atoms with van der Waals surface area (Å²) in [6.07, 6.45) is 15.2. The third kappa shape index (κ3) is 8.83. The first kappa shape index (κ1) is 39.8. The van der Waals surface area contributed by atoms with E-state index in [-0.39, 0.29) is 11.4 Å². The summed E-state index contributed by atoms with van der Waals surface area (Å²) in [5.41, 5.74) is 3.15. The molecule has 4 nitrogen and oxygen atoms in total. The van der Waals surface area contributed by atoms with Gasteiger partial charge in [-0.05, 0) is 84.4 Å². The van der Waals surface area contributed by atoms with E-state index in [1.807, 2.05) is 69.6 Å². The van der Waals surface area contributed by atoms with Crippen LogP contribution >= 0.6 is 68.0 Å². The number of allylic oxidation sites excluding steroid dienone is 2. The van der Waals surface area contributed by atoms with Gasteiger partial charge in [-0.1, -0.05) is 79.1 Å². The van der Waals surface area contributed by atoms with Gasteiger partial charge in [0.1, 0.15) is 0 Å². The summed E-state index contributed by atoms with van der Waals surface area (Å²) in [6, 6.07) is 17.3. The van der Waals surface area contributed by atoms with Crippen LogP contribution < -0.4 is 0 Å². The van der Waals surface area contributed by atoms with Crippen molar-refractivity contribution in [1.82, 2.24) is 0 Å². The predicted octanol–water partition coefficient (Wildman–Crippen LogP) is 16.4. The molecule has 10 heteroatoms. The van der Waals surface area contributed by atoms with Crippen molar-refractivity contribution >= 4 is 99.0 Å². The summed E-state index contributed by atoms with van der Waals surface area (Å²) in [5.74, 6) is 1.26. The van der Waals surface area contributed by atoms with E-state index in [0.717, 1.165) is 35.4 Å². The third-order valence-corrected chi connectivity index (χ3v) is 17.6. The smallest absolute Gasteiger partial charge is 0.227 e. The fourth-order valence-corrected chi connectivity index (χ4v) is 14.5. The van der Waals surface area contributed by atoms with Gasteiger partial charge in [0.05, 0.1) is 25.3 Å². The zero-order chi connectivity index (χ0) is 38.2. The molecular formula is C44H42N4S6. The van der Waals surface area contributed by atoms with Crippen LogP contribution in [0.15, 0.2) is 47.8 Å². The molecule has 6 rings (SSSR count). The maximum Gasteiger partial charge on any atom is 0.263 e. The van der Waals surface area contributed by atoms with Crippen LogP contribution in [-0.4, -0.2) is 0 Å². The van der Waals surface area contributed by atoms with Crippen molar-refractivity contribution in [2.24, 2.45) is 11.8 Å². The van der Waals surface area contributed by atoms with Crippen molar-refractivity contribution < 1.29 is 0 Å². The summed E-state index contributed by atoms with van der Waals surface area (Å²) in [5, 5.41) is 18.7. The first-order chi connectivity index (χ1) is 26.4. The normalized spacial score (nSPS) is 13.2.